The predicted molar refractivity (Wildman–Crippen MR) is 110 cm³/mol. The van der Waals surface area contributed by atoms with E-state index in [1.54, 1.807) is 24.1 Å². The Morgan fingerprint density at radius 3 is 2.28 bits per heavy atom. The van der Waals surface area contributed by atoms with Gasteiger partial charge in [0.2, 0.25) is 0 Å². The minimum absolute atomic E-state index is 0.0397. The second kappa shape index (κ2) is 8.77. The molecule has 7 nitrogen and oxygen atoms in total. The summed E-state index contributed by atoms with van der Waals surface area (Å²) in [5, 5.41) is 0. The molecule has 0 spiro atoms. The van der Waals surface area contributed by atoms with Crippen molar-refractivity contribution < 1.29 is 14.3 Å². The van der Waals surface area contributed by atoms with Gasteiger partial charge >= 0.3 is 11.7 Å². The van der Waals surface area contributed by atoms with E-state index in [0.717, 1.165) is 11.1 Å². The average Bonchev–Trinajstić information content (AvgIpc) is 2.96. The van der Waals surface area contributed by atoms with Gasteiger partial charge in [-0.1, -0.05) is 42.5 Å². The largest absolute Gasteiger partial charge is 0.454 e. The van der Waals surface area contributed by atoms with Crippen molar-refractivity contribution in [3.05, 3.63) is 70.6 Å². The van der Waals surface area contributed by atoms with Crippen LogP contribution in [0.3, 0.4) is 0 Å². The molecule has 0 aliphatic rings. The molecule has 1 aromatic heterocycles. The molecule has 2 aromatic carbocycles. The normalized spacial score (nSPS) is 11.0. The highest BCUT2D eigenvalue weighted by molar-refractivity contribution is 5.82. The van der Waals surface area contributed by atoms with Gasteiger partial charge in [0.15, 0.2) is 6.61 Å². The molecule has 0 bridgehead atoms. The first-order valence-electron chi connectivity index (χ1n) is 9.51. The van der Waals surface area contributed by atoms with Gasteiger partial charge in [0.1, 0.15) is 6.54 Å². The molecule has 152 valence electrons. The van der Waals surface area contributed by atoms with E-state index >= 15 is 0 Å². The zero-order valence-electron chi connectivity index (χ0n) is 16.9. The number of carbonyl (C=O) groups excluding carboxylic acids is 2. The summed E-state index contributed by atoms with van der Waals surface area (Å²) in [4.78, 5) is 39.0. The Hall–Kier alpha value is -3.35. The summed E-state index contributed by atoms with van der Waals surface area (Å²) in [5.74, 6) is -0.900. The molecule has 0 radical (unpaired) electrons. The summed E-state index contributed by atoms with van der Waals surface area (Å²) in [6, 6.07) is 16.8. The van der Waals surface area contributed by atoms with Crippen LogP contribution in [0.4, 0.5) is 0 Å². The number of benzene rings is 2. The number of aromatic nitrogens is 2. The van der Waals surface area contributed by atoms with E-state index in [1.165, 1.54) is 9.13 Å². The number of hydrogen-bond acceptors (Lipinski definition) is 4. The quantitative estimate of drug-likeness (QED) is 0.576. The van der Waals surface area contributed by atoms with E-state index in [2.05, 4.69) is 0 Å². The summed E-state index contributed by atoms with van der Waals surface area (Å²) in [6.45, 7) is 3.67. The van der Waals surface area contributed by atoms with E-state index < -0.39 is 5.97 Å². The second-order valence-corrected chi connectivity index (χ2v) is 7.18. The Morgan fingerprint density at radius 1 is 1.00 bits per heavy atom. The van der Waals surface area contributed by atoms with E-state index in [0.29, 0.717) is 12.1 Å². The van der Waals surface area contributed by atoms with Gasteiger partial charge < -0.3 is 9.64 Å². The van der Waals surface area contributed by atoms with E-state index in [1.807, 2.05) is 56.3 Å². The first-order chi connectivity index (χ1) is 13.9. The lowest BCUT2D eigenvalue weighted by Gasteiger charge is -2.26. The van der Waals surface area contributed by atoms with Crippen LogP contribution in [0.25, 0.3) is 11.0 Å². The van der Waals surface area contributed by atoms with Crippen molar-refractivity contribution in [3.8, 4) is 0 Å². The summed E-state index contributed by atoms with van der Waals surface area (Å²) in [6.07, 6.45) is 0. The number of para-hydroxylation sites is 2. The van der Waals surface area contributed by atoms with Crippen molar-refractivity contribution in [3.63, 3.8) is 0 Å². The van der Waals surface area contributed by atoms with Crippen LogP contribution in [-0.2, 0) is 34.5 Å². The summed E-state index contributed by atoms with van der Waals surface area (Å²) in [5.41, 5.74) is 2.08. The van der Waals surface area contributed by atoms with Gasteiger partial charge in [-0.3, -0.25) is 18.7 Å². The van der Waals surface area contributed by atoms with Crippen molar-refractivity contribution in [2.45, 2.75) is 33.0 Å². The Labute approximate surface area is 169 Å². The van der Waals surface area contributed by atoms with Crippen LogP contribution >= 0.6 is 0 Å². The van der Waals surface area contributed by atoms with Gasteiger partial charge in [-0.25, -0.2) is 4.79 Å². The number of imidazole rings is 1. The molecule has 1 heterocycles. The Kier molecular flexibility index (Phi) is 6.16. The number of carbonyl (C=O) groups is 2. The third kappa shape index (κ3) is 4.56. The fraction of sp³-hybridized carbons (Fsp3) is 0.318. The number of ether oxygens (including phenoxy) is 1. The third-order valence-electron chi connectivity index (χ3n) is 4.83. The van der Waals surface area contributed by atoms with Crippen molar-refractivity contribution in [1.29, 1.82) is 0 Å². The van der Waals surface area contributed by atoms with Crippen molar-refractivity contribution in [2.24, 2.45) is 7.05 Å². The third-order valence-corrected chi connectivity index (χ3v) is 4.83. The maximum absolute atomic E-state index is 12.6. The number of rotatable bonds is 7. The fourth-order valence-corrected chi connectivity index (χ4v) is 3.25. The highest BCUT2D eigenvalue weighted by Crippen LogP contribution is 2.12. The number of hydrogen-bond donors (Lipinski definition) is 0. The molecule has 0 saturated heterocycles. The van der Waals surface area contributed by atoms with Crippen molar-refractivity contribution >= 4 is 22.9 Å². The first-order valence-corrected chi connectivity index (χ1v) is 9.51. The molecule has 0 N–H and O–H groups in total. The van der Waals surface area contributed by atoms with Crippen LogP contribution in [0.2, 0.25) is 0 Å². The number of aryl methyl sites for hydroxylation is 1. The minimum atomic E-state index is -0.625. The lowest BCUT2D eigenvalue weighted by atomic mass is 10.2. The SMILES string of the molecule is CC(C)N(Cc1ccccc1)C(=O)COC(=O)Cn1c(=O)n(C)c2ccccc21. The van der Waals surface area contributed by atoms with E-state index in [-0.39, 0.29) is 30.8 Å². The summed E-state index contributed by atoms with van der Waals surface area (Å²) < 4.78 is 8.02. The van der Waals surface area contributed by atoms with Gasteiger partial charge in [-0.15, -0.1) is 0 Å². The molecular formula is C22H25N3O4. The standard InChI is InChI=1S/C22H25N3O4/c1-16(2)24(13-17-9-5-4-6-10-17)20(26)15-29-21(27)14-25-19-12-8-7-11-18(19)23(3)22(25)28/h4-12,16H,13-15H2,1-3H3. The van der Waals surface area contributed by atoms with Crippen LogP contribution in [-0.4, -0.2) is 38.6 Å². The van der Waals surface area contributed by atoms with Crippen LogP contribution in [0.1, 0.15) is 19.4 Å². The van der Waals surface area contributed by atoms with Gasteiger partial charge in [-0.2, -0.15) is 0 Å². The second-order valence-electron chi connectivity index (χ2n) is 7.18. The zero-order valence-corrected chi connectivity index (χ0v) is 16.9. The molecule has 3 aromatic rings. The van der Waals surface area contributed by atoms with Gasteiger partial charge in [-0.05, 0) is 31.5 Å². The van der Waals surface area contributed by atoms with Crippen LogP contribution in [0.5, 0.6) is 0 Å². The Bertz CT molecular complexity index is 1070. The molecular weight excluding hydrogens is 370 g/mol. The maximum atomic E-state index is 12.6. The van der Waals surface area contributed by atoms with E-state index in [4.69, 9.17) is 4.74 Å². The van der Waals surface area contributed by atoms with Gasteiger partial charge in [0.25, 0.3) is 5.91 Å². The number of amides is 1. The van der Waals surface area contributed by atoms with E-state index in [9.17, 15) is 14.4 Å². The molecule has 3 rings (SSSR count). The molecule has 0 saturated carbocycles. The molecule has 0 aliphatic carbocycles. The fourth-order valence-electron chi connectivity index (χ4n) is 3.25. The predicted octanol–water partition coefficient (Wildman–Crippen LogP) is 2.32. The Balaban J connectivity index is 1.65. The summed E-state index contributed by atoms with van der Waals surface area (Å²) in [7, 11) is 1.65. The van der Waals surface area contributed by atoms with Crippen molar-refractivity contribution in [1.82, 2.24) is 14.0 Å². The Morgan fingerprint density at radius 2 is 1.62 bits per heavy atom. The molecule has 7 heteroatoms. The molecule has 0 unspecified atom stereocenters. The maximum Gasteiger partial charge on any atom is 0.329 e. The molecule has 1 amide bonds. The molecule has 0 aliphatic heterocycles. The van der Waals surface area contributed by atoms with Crippen LogP contribution in [0.15, 0.2) is 59.4 Å². The monoisotopic (exact) mass is 395 g/mol. The average molecular weight is 395 g/mol. The van der Waals surface area contributed by atoms with Crippen LogP contribution in [0, 0.1) is 0 Å². The molecule has 29 heavy (non-hydrogen) atoms. The first kappa shape index (κ1) is 20.4. The van der Waals surface area contributed by atoms with Crippen molar-refractivity contribution in [2.75, 3.05) is 6.61 Å². The highest BCUT2D eigenvalue weighted by Gasteiger charge is 2.20. The smallest absolute Gasteiger partial charge is 0.329 e. The minimum Gasteiger partial charge on any atom is -0.454 e. The molecule has 0 fully saturated rings. The van der Waals surface area contributed by atoms with Crippen LogP contribution < -0.4 is 5.69 Å². The number of fused-ring (bicyclic) bond motifs is 1. The molecule has 0 atom stereocenters. The lowest BCUT2D eigenvalue weighted by Crippen LogP contribution is -2.39. The number of nitrogens with zero attached hydrogens (tertiary/aromatic N) is 3. The van der Waals surface area contributed by atoms with Gasteiger partial charge in [0.05, 0.1) is 11.0 Å². The topological polar surface area (TPSA) is 73.5 Å². The summed E-state index contributed by atoms with van der Waals surface area (Å²) >= 11 is 0. The number of esters is 1. The zero-order chi connectivity index (χ0) is 21.0. The van der Waals surface area contributed by atoms with Gasteiger partial charge in [0, 0.05) is 19.6 Å². The highest BCUT2D eigenvalue weighted by atomic mass is 16.5. The lowest BCUT2D eigenvalue weighted by molar-refractivity contribution is -0.153.